The van der Waals surface area contributed by atoms with Crippen LogP contribution in [0.15, 0.2) is 42.7 Å². The fourth-order valence-electron chi connectivity index (χ4n) is 3.47. The van der Waals surface area contributed by atoms with Gasteiger partial charge in [-0.3, -0.25) is 4.79 Å². The molecule has 1 aromatic heterocycles. The molecular weight excluding hydrogens is 331 g/mol. The number of imidazole rings is 1. The molecule has 0 aliphatic carbocycles. The first-order chi connectivity index (χ1) is 12.5. The van der Waals surface area contributed by atoms with Crippen molar-refractivity contribution in [3.8, 4) is 11.1 Å². The second-order valence-corrected chi connectivity index (χ2v) is 6.86. The van der Waals surface area contributed by atoms with Crippen LogP contribution in [-0.4, -0.2) is 46.0 Å². The molecule has 134 valence electrons. The Morgan fingerprint density at radius 1 is 1.23 bits per heavy atom. The molecule has 2 heterocycles. The number of amides is 1. The van der Waals surface area contributed by atoms with Gasteiger partial charge in [-0.25, -0.2) is 9.37 Å². The van der Waals surface area contributed by atoms with Crippen molar-refractivity contribution >= 4 is 16.9 Å². The predicted molar refractivity (Wildman–Crippen MR) is 99.5 cm³/mol. The Morgan fingerprint density at radius 2 is 2.00 bits per heavy atom. The van der Waals surface area contributed by atoms with Gasteiger partial charge in [-0.2, -0.15) is 0 Å². The molecule has 1 N–H and O–H groups in total. The van der Waals surface area contributed by atoms with E-state index in [0.717, 1.165) is 28.7 Å². The second-order valence-electron chi connectivity index (χ2n) is 6.86. The zero-order valence-corrected chi connectivity index (χ0v) is 14.9. The number of nitrogens with one attached hydrogen (secondary N) is 1. The molecule has 26 heavy (non-hydrogen) atoms. The number of benzene rings is 2. The van der Waals surface area contributed by atoms with E-state index < -0.39 is 5.82 Å². The standard InChI is InChI=1S/C20H21FN4O/c1-13-11-25(8-7-22-13)20(26)16-5-3-14(9-17(16)21)15-4-6-19-18(10-15)23-12-24(19)2/h3-6,9-10,12-13,22H,7-8,11H2,1-2H3/t13-/m0/s1. The lowest BCUT2D eigenvalue weighted by Gasteiger charge is -2.32. The van der Waals surface area contributed by atoms with E-state index in [-0.39, 0.29) is 17.5 Å². The fourth-order valence-corrected chi connectivity index (χ4v) is 3.47. The first kappa shape index (κ1) is 16.7. The number of nitrogens with zero attached hydrogens (tertiary/aromatic N) is 3. The number of fused-ring (bicyclic) bond motifs is 1. The molecule has 0 unspecified atom stereocenters. The number of hydrogen-bond donors (Lipinski definition) is 1. The lowest BCUT2D eigenvalue weighted by Crippen LogP contribution is -2.51. The van der Waals surface area contributed by atoms with E-state index in [1.54, 1.807) is 23.4 Å². The number of piperazine rings is 1. The summed E-state index contributed by atoms with van der Waals surface area (Å²) >= 11 is 0. The summed E-state index contributed by atoms with van der Waals surface area (Å²) < 4.78 is 16.6. The van der Waals surface area contributed by atoms with Gasteiger partial charge in [-0.1, -0.05) is 12.1 Å². The quantitative estimate of drug-likeness (QED) is 0.772. The molecule has 1 fully saturated rings. The van der Waals surface area contributed by atoms with Crippen LogP contribution in [0.25, 0.3) is 22.2 Å². The number of rotatable bonds is 2. The molecule has 1 amide bonds. The molecule has 3 aromatic rings. The molecule has 2 aromatic carbocycles. The van der Waals surface area contributed by atoms with Crippen molar-refractivity contribution < 1.29 is 9.18 Å². The van der Waals surface area contributed by atoms with Crippen LogP contribution in [0.2, 0.25) is 0 Å². The van der Waals surface area contributed by atoms with Crippen molar-refractivity contribution in [2.45, 2.75) is 13.0 Å². The number of carbonyl (C=O) groups is 1. The highest BCUT2D eigenvalue weighted by molar-refractivity contribution is 5.95. The summed E-state index contributed by atoms with van der Waals surface area (Å²) in [6.45, 7) is 3.94. The van der Waals surface area contributed by atoms with Gasteiger partial charge in [-0.05, 0) is 42.3 Å². The summed E-state index contributed by atoms with van der Waals surface area (Å²) in [5.74, 6) is -0.734. The minimum atomic E-state index is -0.486. The van der Waals surface area contributed by atoms with Crippen molar-refractivity contribution in [3.05, 3.63) is 54.1 Å². The molecule has 1 saturated heterocycles. The van der Waals surface area contributed by atoms with Gasteiger partial charge in [0.15, 0.2) is 0 Å². The van der Waals surface area contributed by atoms with E-state index in [4.69, 9.17) is 0 Å². The number of carbonyl (C=O) groups excluding carboxylic acids is 1. The summed E-state index contributed by atoms with van der Waals surface area (Å²) in [7, 11) is 1.94. The monoisotopic (exact) mass is 352 g/mol. The van der Waals surface area contributed by atoms with Gasteiger partial charge in [0.2, 0.25) is 0 Å². The Balaban J connectivity index is 1.63. The van der Waals surface area contributed by atoms with Gasteiger partial charge in [0.25, 0.3) is 5.91 Å². The maximum atomic E-state index is 14.7. The van der Waals surface area contributed by atoms with Gasteiger partial charge < -0.3 is 14.8 Å². The average Bonchev–Trinajstić information content (AvgIpc) is 3.01. The predicted octanol–water partition coefficient (Wildman–Crippen LogP) is 2.81. The molecular formula is C20H21FN4O. The minimum Gasteiger partial charge on any atom is -0.336 e. The molecule has 1 aliphatic rings. The topological polar surface area (TPSA) is 50.2 Å². The van der Waals surface area contributed by atoms with E-state index in [9.17, 15) is 9.18 Å². The Labute approximate surface area is 151 Å². The zero-order chi connectivity index (χ0) is 18.3. The first-order valence-corrected chi connectivity index (χ1v) is 8.76. The lowest BCUT2D eigenvalue weighted by molar-refractivity contribution is 0.0704. The zero-order valence-electron chi connectivity index (χ0n) is 14.9. The SMILES string of the molecule is C[C@H]1CN(C(=O)c2ccc(-c3ccc4c(c3)ncn4C)cc2F)CCN1. The van der Waals surface area contributed by atoms with Crippen molar-refractivity contribution in [1.29, 1.82) is 0 Å². The largest absolute Gasteiger partial charge is 0.336 e. The van der Waals surface area contributed by atoms with Gasteiger partial charge in [0.05, 0.1) is 22.9 Å². The van der Waals surface area contributed by atoms with Gasteiger partial charge in [-0.15, -0.1) is 0 Å². The Bertz CT molecular complexity index is 981. The van der Waals surface area contributed by atoms with Crippen molar-refractivity contribution in [3.63, 3.8) is 0 Å². The summed E-state index contributed by atoms with van der Waals surface area (Å²) in [4.78, 5) is 18.7. The van der Waals surface area contributed by atoms with E-state index in [0.29, 0.717) is 13.1 Å². The van der Waals surface area contributed by atoms with Crippen molar-refractivity contribution in [1.82, 2.24) is 19.8 Å². The first-order valence-electron chi connectivity index (χ1n) is 8.76. The molecule has 0 saturated carbocycles. The lowest BCUT2D eigenvalue weighted by atomic mass is 10.0. The van der Waals surface area contributed by atoms with E-state index in [1.807, 2.05) is 36.7 Å². The number of aromatic nitrogens is 2. The van der Waals surface area contributed by atoms with Gasteiger partial charge >= 0.3 is 0 Å². The van der Waals surface area contributed by atoms with Crippen LogP contribution in [0.1, 0.15) is 17.3 Å². The third-order valence-corrected chi connectivity index (χ3v) is 4.91. The minimum absolute atomic E-state index is 0.127. The van der Waals surface area contributed by atoms with Crippen molar-refractivity contribution in [2.24, 2.45) is 7.05 Å². The van der Waals surface area contributed by atoms with E-state index >= 15 is 0 Å². The van der Waals surface area contributed by atoms with E-state index in [2.05, 4.69) is 10.3 Å². The Morgan fingerprint density at radius 3 is 2.77 bits per heavy atom. The molecule has 0 radical (unpaired) electrons. The highest BCUT2D eigenvalue weighted by Crippen LogP contribution is 2.26. The van der Waals surface area contributed by atoms with Crippen LogP contribution in [-0.2, 0) is 7.05 Å². The number of aryl methyl sites for hydroxylation is 1. The Hall–Kier alpha value is -2.73. The smallest absolute Gasteiger partial charge is 0.256 e. The Kier molecular flexibility index (Phi) is 4.20. The van der Waals surface area contributed by atoms with Crippen LogP contribution in [0, 0.1) is 5.82 Å². The van der Waals surface area contributed by atoms with Crippen LogP contribution in [0.5, 0.6) is 0 Å². The third-order valence-electron chi connectivity index (χ3n) is 4.91. The molecule has 1 aliphatic heterocycles. The third kappa shape index (κ3) is 2.97. The van der Waals surface area contributed by atoms with Crippen molar-refractivity contribution in [2.75, 3.05) is 19.6 Å². The van der Waals surface area contributed by atoms with Gasteiger partial charge in [0.1, 0.15) is 5.82 Å². The van der Waals surface area contributed by atoms with Crippen LogP contribution < -0.4 is 5.32 Å². The summed E-state index contributed by atoms with van der Waals surface area (Å²) in [6, 6.07) is 10.9. The van der Waals surface area contributed by atoms with E-state index in [1.165, 1.54) is 6.07 Å². The average molecular weight is 352 g/mol. The fraction of sp³-hybridized carbons (Fsp3) is 0.300. The molecule has 6 heteroatoms. The molecule has 0 bridgehead atoms. The van der Waals surface area contributed by atoms with Crippen LogP contribution >= 0.6 is 0 Å². The van der Waals surface area contributed by atoms with Gasteiger partial charge in [0, 0.05) is 32.7 Å². The molecule has 4 rings (SSSR count). The molecule has 0 spiro atoms. The summed E-state index contributed by atoms with van der Waals surface area (Å²) in [5, 5.41) is 3.28. The second kappa shape index (κ2) is 6.53. The maximum absolute atomic E-state index is 14.7. The highest BCUT2D eigenvalue weighted by Gasteiger charge is 2.24. The van der Waals surface area contributed by atoms with Crippen LogP contribution in [0.3, 0.4) is 0 Å². The normalized spacial score (nSPS) is 17.7. The highest BCUT2D eigenvalue weighted by atomic mass is 19.1. The number of halogens is 1. The summed E-state index contributed by atoms with van der Waals surface area (Å²) in [6.07, 6.45) is 1.76. The maximum Gasteiger partial charge on any atom is 0.256 e. The molecule has 1 atom stereocenters. The summed E-state index contributed by atoms with van der Waals surface area (Å²) in [5.41, 5.74) is 3.63. The number of hydrogen-bond acceptors (Lipinski definition) is 3. The van der Waals surface area contributed by atoms with Crippen LogP contribution in [0.4, 0.5) is 4.39 Å². The molecule has 5 nitrogen and oxygen atoms in total.